The van der Waals surface area contributed by atoms with Crippen molar-refractivity contribution in [2.45, 2.75) is 31.8 Å². The predicted octanol–water partition coefficient (Wildman–Crippen LogP) is 2.88. The molecule has 92 valence electrons. The molecule has 1 saturated heterocycles. The first-order chi connectivity index (χ1) is 8.07. The first-order valence-corrected chi connectivity index (χ1v) is 7.69. The fourth-order valence-electron chi connectivity index (χ4n) is 2.49. The van der Waals surface area contributed by atoms with Crippen molar-refractivity contribution in [2.24, 2.45) is 0 Å². The first-order valence-electron chi connectivity index (χ1n) is 5.70. The van der Waals surface area contributed by atoms with Crippen molar-refractivity contribution >= 4 is 7.60 Å². The van der Waals surface area contributed by atoms with E-state index in [1.165, 1.54) is 6.66 Å². The minimum Gasteiger partial charge on any atom is -0.368 e. The van der Waals surface area contributed by atoms with Crippen LogP contribution in [0.4, 0.5) is 0 Å². The van der Waals surface area contributed by atoms with Gasteiger partial charge >= 0.3 is 7.60 Å². The van der Waals surface area contributed by atoms with Crippen LogP contribution in [0.2, 0.25) is 0 Å². The zero-order chi connectivity index (χ0) is 12.0. The van der Waals surface area contributed by atoms with E-state index in [4.69, 9.17) is 13.8 Å². The van der Waals surface area contributed by atoms with Gasteiger partial charge in [0.15, 0.2) is 0 Å². The van der Waals surface area contributed by atoms with Gasteiger partial charge in [0.05, 0.1) is 12.7 Å². The van der Waals surface area contributed by atoms with Gasteiger partial charge < -0.3 is 9.26 Å². The molecule has 0 amide bonds. The Kier molecular flexibility index (Phi) is 2.64. The van der Waals surface area contributed by atoms with Gasteiger partial charge in [-0.1, -0.05) is 24.3 Å². The molecule has 1 aromatic rings. The summed E-state index contributed by atoms with van der Waals surface area (Å²) in [5.41, 5.74) is 2.17. The molecule has 0 spiro atoms. The van der Waals surface area contributed by atoms with Gasteiger partial charge in [0.1, 0.15) is 12.2 Å². The maximum Gasteiger partial charge on any atom is 0.328 e. The molecule has 0 radical (unpaired) electrons. The summed E-state index contributed by atoms with van der Waals surface area (Å²) >= 11 is 0. The zero-order valence-corrected chi connectivity index (χ0v) is 10.7. The average Bonchev–Trinajstić information content (AvgIpc) is 2.27. The number of fused-ring (bicyclic) bond motifs is 3. The molecule has 2 aliphatic rings. The fourth-order valence-corrected chi connectivity index (χ4v) is 3.90. The molecule has 1 fully saturated rings. The van der Waals surface area contributed by atoms with Crippen molar-refractivity contribution in [3.63, 3.8) is 0 Å². The number of rotatable bonds is 0. The molecule has 2 heterocycles. The zero-order valence-electron chi connectivity index (χ0n) is 9.83. The van der Waals surface area contributed by atoms with E-state index in [1.807, 2.05) is 31.2 Å². The molecule has 1 aromatic carbocycles. The van der Waals surface area contributed by atoms with Crippen LogP contribution in [0.15, 0.2) is 24.3 Å². The maximum absolute atomic E-state index is 12.0. The Balaban J connectivity index is 2.03. The number of benzene rings is 1. The Bertz CT molecular complexity index is 487. The molecule has 2 aliphatic heterocycles. The molecule has 4 atom stereocenters. The molecular weight excluding hydrogens is 239 g/mol. The molecule has 0 aliphatic carbocycles. The second-order valence-electron chi connectivity index (χ2n) is 4.58. The highest BCUT2D eigenvalue weighted by Gasteiger charge is 2.45. The minimum atomic E-state index is -2.97. The van der Waals surface area contributed by atoms with Crippen LogP contribution < -0.4 is 0 Å². The van der Waals surface area contributed by atoms with Crippen molar-refractivity contribution in [2.75, 3.05) is 6.66 Å². The third-order valence-corrected chi connectivity index (χ3v) is 4.54. The lowest BCUT2D eigenvalue weighted by atomic mass is 9.94. The highest BCUT2D eigenvalue weighted by molar-refractivity contribution is 7.53. The van der Waals surface area contributed by atoms with E-state index in [0.29, 0.717) is 6.61 Å². The van der Waals surface area contributed by atoms with Gasteiger partial charge in [0.25, 0.3) is 0 Å². The summed E-state index contributed by atoms with van der Waals surface area (Å²) in [6.45, 7) is 3.95. The third-order valence-electron chi connectivity index (χ3n) is 3.22. The van der Waals surface area contributed by atoms with Gasteiger partial charge in [-0.2, -0.15) is 0 Å². The lowest BCUT2D eigenvalue weighted by molar-refractivity contribution is -0.130. The maximum atomic E-state index is 12.0. The van der Waals surface area contributed by atoms with Gasteiger partial charge in [-0.25, -0.2) is 0 Å². The molecule has 0 saturated carbocycles. The number of hydrogen-bond donors (Lipinski definition) is 0. The van der Waals surface area contributed by atoms with Gasteiger partial charge in [0, 0.05) is 6.66 Å². The monoisotopic (exact) mass is 254 g/mol. The second kappa shape index (κ2) is 3.92. The summed E-state index contributed by atoms with van der Waals surface area (Å²) in [4.78, 5) is 0. The SMILES string of the molecule is CC1OP(C)(=O)OC2c3ccccc3COC12. The Labute approximate surface area is 100 Å². The lowest BCUT2D eigenvalue weighted by Gasteiger charge is -2.42. The Morgan fingerprint density at radius 1 is 1.29 bits per heavy atom. The van der Waals surface area contributed by atoms with Gasteiger partial charge in [-0.05, 0) is 18.1 Å². The van der Waals surface area contributed by atoms with E-state index < -0.39 is 7.60 Å². The largest absolute Gasteiger partial charge is 0.368 e. The van der Waals surface area contributed by atoms with Crippen molar-refractivity contribution < 1.29 is 18.3 Å². The highest BCUT2D eigenvalue weighted by Crippen LogP contribution is 2.57. The van der Waals surface area contributed by atoms with Crippen LogP contribution in [0.3, 0.4) is 0 Å². The van der Waals surface area contributed by atoms with Crippen LogP contribution >= 0.6 is 7.60 Å². The molecule has 17 heavy (non-hydrogen) atoms. The van der Waals surface area contributed by atoms with Crippen LogP contribution in [0.25, 0.3) is 0 Å². The average molecular weight is 254 g/mol. The topological polar surface area (TPSA) is 44.8 Å². The molecule has 4 unspecified atom stereocenters. The minimum absolute atomic E-state index is 0.174. The van der Waals surface area contributed by atoms with Crippen LogP contribution in [0.1, 0.15) is 24.2 Å². The van der Waals surface area contributed by atoms with Crippen molar-refractivity contribution in [1.29, 1.82) is 0 Å². The molecular formula is C12H15O4P. The van der Waals surface area contributed by atoms with Crippen LogP contribution in [-0.2, 0) is 25.0 Å². The van der Waals surface area contributed by atoms with Crippen molar-refractivity contribution in [1.82, 2.24) is 0 Å². The molecule has 3 rings (SSSR count). The van der Waals surface area contributed by atoms with E-state index in [1.54, 1.807) is 0 Å². The Morgan fingerprint density at radius 3 is 2.88 bits per heavy atom. The molecule has 0 aromatic heterocycles. The van der Waals surface area contributed by atoms with Crippen LogP contribution in [0, 0.1) is 0 Å². The van der Waals surface area contributed by atoms with E-state index >= 15 is 0 Å². The third kappa shape index (κ3) is 1.95. The molecule has 0 N–H and O–H groups in total. The summed E-state index contributed by atoms with van der Waals surface area (Å²) < 4.78 is 28.7. The van der Waals surface area contributed by atoms with E-state index in [-0.39, 0.29) is 18.3 Å². The molecule has 4 nitrogen and oxygen atoms in total. The normalized spacial score (nSPS) is 40.5. The van der Waals surface area contributed by atoms with E-state index in [0.717, 1.165) is 11.1 Å². The van der Waals surface area contributed by atoms with Crippen LogP contribution in [0.5, 0.6) is 0 Å². The standard InChI is InChI=1S/C12H15O4P/c1-8-11-12(16-17(2,13)15-8)10-6-4-3-5-9(10)7-14-11/h3-6,8,11-12H,7H2,1-2H3. The van der Waals surface area contributed by atoms with E-state index in [2.05, 4.69) is 0 Å². The smallest absolute Gasteiger partial charge is 0.328 e. The summed E-state index contributed by atoms with van der Waals surface area (Å²) in [5.74, 6) is 0. The van der Waals surface area contributed by atoms with Gasteiger partial charge in [-0.15, -0.1) is 0 Å². The van der Waals surface area contributed by atoms with E-state index in [9.17, 15) is 4.57 Å². The molecule has 0 bridgehead atoms. The lowest BCUT2D eigenvalue weighted by Crippen LogP contribution is -2.41. The quantitative estimate of drug-likeness (QED) is 0.668. The summed E-state index contributed by atoms with van der Waals surface area (Å²) in [6, 6.07) is 7.95. The Morgan fingerprint density at radius 2 is 2.06 bits per heavy atom. The predicted molar refractivity (Wildman–Crippen MR) is 62.9 cm³/mol. The number of ether oxygens (including phenoxy) is 1. The molecule has 5 heteroatoms. The summed E-state index contributed by atoms with van der Waals surface area (Å²) in [7, 11) is -2.97. The summed E-state index contributed by atoms with van der Waals surface area (Å²) in [6.07, 6.45) is -0.663. The van der Waals surface area contributed by atoms with Gasteiger partial charge in [-0.3, -0.25) is 9.09 Å². The van der Waals surface area contributed by atoms with Gasteiger partial charge in [0.2, 0.25) is 0 Å². The van der Waals surface area contributed by atoms with Crippen molar-refractivity contribution in [3.8, 4) is 0 Å². The van der Waals surface area contributed by atoms with Crippen molar-refractivity contribution in [3.05, 3.63) is 35.4 Å². The first kappa shape index (κ1) is 11.4. The van der Waals surface area contributed by atoms with Crippen LogP contribution in [-0.4, -0.2) is 18.9 Å². The highest BCUT2D eigenvalue weighted by atomic mass is 31.2. The Hall–Kier alpha value is -0.670. The number of hydrogen-bond acceptors (Lipinski definition) is 4. The fraction of sp³-hybridized carbons (Fsp3) is 0.500. The second-order valence-corrected chi connectivity index (χ2v) is 6.55. The summed E-state index contributed by atoms with van der Waals surface area (Å²) in [5, 5.41) is 0.